The van der Waals surface area contributed by atoms with Crippen LogP contribution in [0.1, 0.15) is 30.8 Å². The third-order valence-corrected chi connectivity index (χ3v) is 3.75. The topological polar surface area (TPSA) is 42.7 Å². The van der Waals surface area contributed by atoms with Gasteiger partial charge in [-0.2, -0.15) is 5.10 Å². The van der Waals surface area contributed by atoms with E-state index in [4.69, 9.17) is 0 Å². The molecule has 3 aromatic rings. The smallest absolute Gasteiger partial charge is 0.0925 e. The van der Waals surface area contributed by atoms with E-state index < -0.39 is 0 Å². The van der Waals surface area contributed by atoms with Crippen LogP contribution in [0.25, 0.3) is 10.8 Å². The first-order valence-corrected chi connectivity index (χ1v) is 7.37. The van der Waals surface area contributed by atoms with Crippen LogP contribution < -0.4 is 5.32 Å². The predicted octanol–water partition coefficient (Wildman–Crippen LogP) is 3.15. The number of pyridine rings is 1. The van der Waals surface area contributed by atoms with E-state index in [1.165, 1.54) is 10.8 Å². The molecule has 1 unspecified atom stereocenters. The van der Waals surface area contributed by atoms with Gasteiger partial charge in [-0.3, -0.25) is 9.67 Å². The van der Waals surface area contributed by atoms with Crippen LogP contribution in [0.3, 0.4) is 0 Å². The summed E-state index contributed by atoms with van der Waals surface area (Å²) in [5.74, 6) is 0. The van der Waals surface area contributed by atoms with Crippen LogP contribution in [0, 0.1) is 0 Å². The third-order valence-electron chi connectivity index (χ3n) is 3.75. The zero-order chi connectivity index (χ0) is 14.7. The zero-order valence-corrected chi connectivity index (χ0v) is 12.5. The lowest BCUT2D eigenvalue weighted by Crippen LogP contribution is -2.23. The molecule has 0 aliphatic carbocycles. The highest BCUT2D eigenvalue weighted by Crippen LogP contribution is 2.26. The van der Waals surface area contributed by atoms with Crippen molar-refractivity contribution in [3.8, 4) is 0 Å². The van der Waals surface area contributed by atoms with Gasteiger partial charge in [-0.1, -0.05) is 31.2 Å². The highest BCUT2D eigenvalue weighted by molar-refractivity contribution is 5.84. The number of benzene rings is 1. The first-order chi connectivity index (χ1) is 10.3. The summed E-state index contributed by atoms with van der Waals surface area (Å²) in [5.41, 5.74) is 2.21. The van der Waals surface area contributed by atoms with Gasteiger partial charge in [-0.15, -0.1) is 0 Å². The number of aryl methyl sites for hydroxylation is 1. The molecule has 1 atom stereocenters. The summed E-state index contributed by atoms with van der Waals surface area (Å²) in [5, 5.41) is 10.2. The Morgan fingerprint density at radius 3 is 2.81 bits per heavy atom. The molecular formula is C17H20N4. The lowest BCUT2D eigenvalue weighted by Gasteiger charge is -2.19. The molecule has 0 fully saturated rings. The molecular weight excluding hydrogens is 260 g/mol. The van der Waals surface area contributed by atoms with Crippen LogP contribution in [0.2, 0.25) is 0 Å². The predicted molar refractivity (Wildman–Crippen MR) is 85.2 cm³/mol. The van der Waals surface area contributed by atoms with E-state index >= 15 is 0 Å². The van der Waals surface area contributed by atoms with Crippen LogP contribution in [0.15, 0.2) is 48.8 Å². The molecule has 0 bridgehead atoms. The molecule has 3 rings (SSSR count). The van der Waals surface area contributed by atoms with E-state index in [1.807, 2.05) is 19.4 Å². The number of nitrogens with one attached hydrogen (secondary N) is 1. The summed E-state index contributed by atoms with van der Waals surface area (Å²) in [6, 6.07) is 12.5. The molecule has 0 aliphatic rings. The Labute approximate surface area is 124 Å². The molecule has 1 N–H and O–H groups in total. The monoisotopic (exact) mass is 280 g/mol. The third kappa shape index (κ3) is 2.54. The van der Waals surface area contributed by atoms with Crippen molar-refractivity contribution in [3.05, 3.63) is 60.2 Å². The number of fused-ring (bicyclic) bond motifs is 1. The lowest BCUT2D eigenvalue weighted by molar-refractivity contribution is 0.531. The summed E-state index contributed by atoms with van der Waals surface area (Å²) >= 11 is 0. The maximum atomic E-state index is 4.63. The zero-order valence-electron chi connectivity index (χ0n) is 12.5. The van der Waals surface area contributed by atoms with Gasteiger partial charge in [-0.05, 0) is 31.0 Å². The molecule has 2 heterocycles. The quantitative estimate of drug-likeness (QED) is 0.780. The van der Waals surface area contributed by atoms with Gasteiger partial charge < -0.3 is 5.32 Å². The Morgan fingerprint density at radius 2 is 2.00 bits per heavy atom. The Kier molecular flexibility index (Phi) is 3.97. The largest absolute Gasteiger partial charge is 0.307 e. The van der Waals surface area contributed by atoms with Crippen LogP contribution in [0.5, 0.6) is 0 Å². The second-order valence-corrected chi connectivity index (χ2v) is 5.12. The maximum Gasteiger partial charge on any atom is 0.0925 e. The van der Waals surface area contributed by atoms with E-state index in [0.717, 1.165) is 24.4 Å². The summed E-state index contributed by atoms with van der Waals surface area (Å²) in [4.78, 5) is 4.63. The van der Waals surface area contributed by atoms with Gasteiger partial charge in [0, 0.05) is 24.3 Å². The van der Waals surface area contributed by atoms with Gasteiger partial charge in [0.05, 0.1) is 17.4 Å². The molecule has 0 saturated heterocycles. The van der Waals surface area contributed by atoms with Crippen molar-refractivity contribution in [2.75, 3.05) is 7.05 Å². The van der Waals surface area contributed by atoms with E-state index in [2.05, 4.69) is 63.4 Å². The van der Waals surface area contributed by atoms with E-state index in [1.54, 1.807) is 0 Å². The van der Waals surface area contributed by atoms with Crippen LogP contribution >= 0.6 is 0 Å². The minimum Gasteiger partial charge on any atom is -0.307 e. The lowest BCUT2D eigenvalue weighted by atomic mass is 10.0. The fraction of sp³-hybridized carbons (Fsp3) is 0.294. The minimum atomic E-state index is 0.0464. The van der Waals surface area contributed by atoms with E-state index in [0.29, 0.717) is 0 Å². The fourth-order valence-electron chi connectivity index (χ4n) is 2.78. The molecule has 0 spiro atoms. The summed E-state index contributed by atoms with van der Waals surface area (Å²) in [7, 11) is 1.97. The Bertz CT molecular complexity index is 727. The molecule has 108 valence electrons. The van der Waals surface area contributed by atoms with Crippen molar-refractivity contribution in [1.82, 2.24) is 20.1 Å². The summed E-state index contributed by atoms with van der Waals surface area (Å²) in [6.07, 6.45) is 4.80. The fourth-order valence-corrected chi connectivity index (χ4v) is 2.78. The number of rotatable bonds is 5. The van der Waals surface area contributed by atoms with Gasteiger partial charge in [0.25, 0.3) is 0 Å². The Hall–Kier alpha value is -2.20. The molecule has 0 radical (unpaired) electrons. The number of aromatic nitrogens is 3. The maximum absolute atomic E-state index is 4.63. The van der Waals surface area contributed by atoms with Gasteiger partial charge >= 0.3 is 0 Å². The molecule has 21 heavy (non-hydrogen) atoms. The van der Waals surface area contributed by atoms with Crippen molar-refractivity contribution in [3.63, 3.8) is 0 Å². The van der Waals surface area contributed by atoms with Crippen molar-refractivity contribution in [2.45, 2.75) is 25.9 Å². The minimum absolute atomic E-state index is 0.0464. The van der Waals surface area contributed by atoms with Crippen molar-refractivity contribution in [1.29, 1.82) is 0 Å². The SMILES string of the molecule is CCCn1nccc1C(NC)c1nccc2ccccc12. The summed E-state index contributed by atoms with van der Waals surface area (Å²) in [6.45, 7) is 3.08. The van der Waals surface area contributed by atoms with Crippen LogP contribution in [-0.2, 0) is 6.54 Å². The second-order valence-electron chi connectivity index (χ2n) is 5.12. The molecule has 4 heteroatoms. The van der Waals surface area contributed by atoms with Gasteiger partial charge in [0.2, 0.25) is 0 Å². The van der Waals surface area contributed by atoms with Crippen molar-refractivity contribution >= 4 is 10.8 Å². The first-order valence-electron chi connectivity index (χ1n) is 7.37. The second kappa shape index (κ2) is 6.06. The molecule has 2 aromatic heterocycles. The normalized spacial score (nSPS) is 12.7. The molecule has 0 amide bonds. The molecule has 0 aliphatic heterocycles. The van der Waals surface area contributed by atoms with Gasteiger partial charge in [0.15, 0.2) is 0 Å². The number of nitrogens with zero attached hydrogens (tertiary/aromatic N) is 3. The Balaban J connectivity index is 2.12. The van der Waals surface area contributed by atoms with Crippen molar-refractivity contribution in [2.24, 2.45) is 0 Å². The van der Waals surface area contributed by atoms with E-state index in [-0.39, 0.29) is 6.04 Å². The van der Waals surface area contributed by atoms with E-state index in [9.17, 15) is 0 Å². The average molecular weight is 280 g/mol. The standard InChI is InChI=1S/C17H20N4/c1-3-12-21-15(9-11-20-21)17(18-2)16-14-7-5-4-6-13(14)8-10-19-16/h4-11,17-18H,3,12H2,1-2H3. The average Bonchev–Trinajstić information content (AvgIpc) is 2.97. The van der Waals surface area contributed by atoms with Crippen molar-refractivity contribution < 1.29 is 0 Å². The highest BCUT2D eigenvalue weighted by atomic mass is 15.3. The van der Waals surface area contributed by atoms with Crippen LogP contribution in [-0.4, -0.2) is 21.8 Å². The van der Waals surface area contributed by atoms with Gasteiger partial charge in [0.1, 0.15) is 0 Å². The highest BCUT2D eigenvalue weighted by Gasteiger charge is 2.19. The molecule has 4 nitrogen and oxygen atoms in total. The first kappa shape index (κ1) is 13.8. The van der Waals surface area contributed by atoms with Gasteiger partial charge in [-0.25, -0.2) is 0 Å². The van der Waals surface area contributed by atoms with Crippen LogP contribution in [0.4, 0.5) is 0 Å². The summed E-state index contributed by atoms with van der Waals surface area (Å²) < 4.78 is 2.06. The molecule has 1 aromatic carbocycles. The Morgan fingerprint density at radius 1 is 1.14 bits per heavy atom. The number of hydrogen-bond donors (Lipinski definition) is 1. The number of hydrogen-bond acceptors (Lipinski definition) is 3. The molecule has 0 saturated carbocycles.